The van der Waals surface area contributed by atoms with Crippen LogP contribution in [0.5, 0.6) is 5.75 Å². The molecule has 0 atom stereocenters. The molecule has 4 aromatic rings. The minimum atomic E-state index is -4.79. The fourth-order valence-corrected chi connectivity index (χ4v) is 5.51. The summed E-state index contributed by atoms with van der Waals surface area (Å²) in [6.45, 7) is -0.931. The molecule has 0 spiro atoms. The number of ether oxygens (including phenoxy) is 1. The topological polar surface area (TPSA) is 101 Å². The van der Waals surface area contributed by atoms with Crippen molar-refractivity contribution >= 4 is 61.9 Å². The summed E-state index contributed by atoms with van der Waals surface area (Å²) in [5, 5.41) is 4.28. The number of rotatable bonds is 8. The molecule has 0 saturated heterocycles. The van der Waals surface area contributed by atoms with E-state index in [0.717, 1.165) is 6.07 Å². The Morgan fingerprint density at radius 1 is 1.07 bits per heavy atom. The van der Waals surface area contributed by atoms with E-state index in [1.807, 2.05) is 0 Å². The molecule has 1 heterocycles. The number of amides is 1. The van der Waals surface area contributed by atoms with Crippen LogP contribution in [0.3, 0.4) is 0 Å². The van der Waals surface area contributed by atoms with Crippen LogP contribution >= 0.6 is 23.2 Å². The van der Waals surface area contributed by atoms with Crippen molar-refractivity contribution in [1.29, 1.82) is 0 Å². The molecule has 208 valence electrons. The third kappa shape index (κ3) is 6.46. The van der Waals surface area contributed by atoms with Gasteiger partial charge in [0.25, 0.3) is 15.9 Å². The average molecular weight is 611 g/mol. The summed E-state index contributed by atoms with van der Waals surface area (Å²) in [7, 11) is -3.01. The van der Waals surface area contributed by atoms with E-state index in [0.29, 0.717) is 38.7 Å². The van der Waals surface area contributed by atoms with Gasteiger partial charge in [0.05, 0.1) is 40.0 Å². The second-order valence-corrected chi connectivity index (χ2v) is 10.8. The van der Waals surface area contributed by atoms with Gasteiger partial charge in [-0.1, -0.05) is 41.4 Å². The maximum Gasteiger partial charge on any atom is 0.416 e. The number of hydrogen-bond donors (Lipinski definition) is 1. The molecule has 1 amide bonds. The predicted molar refractivity (Wildman–Crippen MR) is 146 cm³/mol. The van der Waals surface area contributed by atoms with E-state index < -0.39 is 39.9 Å². The van der Waals surface area contributed by atoms with E-state index in [4.69, 9.17) is 27.9 Å². The van der Waals surface area contributed by atoms with Crippen molar-refractivity contribution in [2.24, 2.45) is 5.10 Å². The van der Waals surface area contributed by atoms with Gasteiger partial charge >= 0.3 is 6.18 Å². The number of sulfonamides is 1. The lowest BCUT2D eigenvalue weighted by atomic mass is 10.1. The van der Waals surface area contributed by atoms with Crippen molar-refractivity contribution in [1.82, 2.24) is 10.4 Å². The second-order valence-electron chi connectivity index (χ2n) is 8.21. The van der Waals surface area contributed by atoms with E-state index in [1.165, 1.54) is 37.6 Å². The number of hydrazone groups is 1. The number of hydrogen-bond acceptors (Lipinski definition) is 6. The minimum Gasteiger partial charge on any atom is -0.497 e. The molecule has 3 aromatic carbocycles. The van der Waals surface area contributed by atoms with Gasteiger partial charge in [-0.3, -0.25) is 9.10 Å². The van der Waals surface area contributed by atoms with Crippen molar-refractivity contribution < 1.29 is 31.1 Å². The lowest BCUT2D eigenvalue weighted by Crippen LogP contribution is -2.40. The van der Waals surface area contributed by atoms with Gasteiger partial charge in [0, 0.05) is 17.0 Å². The van der Waals surface area contributed by atoms with Gasteiger partial charge in [-0.25, -0.2) is 18.8 Å². The Kier molecular flexibility index (Phi) is 8.52. The molecule has 0 saturated carbocycles. The quantitative estimate of drug-likeness (QED) is 0.152. The highest BCUT2D eigenvalue weighted by Gasteiger charge is 2.34. The van der Waals surface area contributed by atoms with Crippen molar-refractivity contribution in [3.05, 3.63) is 94.1 Å². The van der Waals surface area contributed by atoms with Crippen molar-refractivity contribution in [3.8, 4) is 5.75 Å². The maximum atomic E-state index is 13.4. The summed E-state index contributed by atoms with van der Waals surface area (Å²) in [5.74, 6) is -0.375. The molecule has 0 aliphatic carbocycles. The van der Waals surface area contributed by atoms with Gasteiger partial charge in [-0.15, -0.1) is 0 Å². The molecular weight excluding hydrogens is 592 g/mol. The van der Waals surface area contributed by atoms with Gasteiger partial charge in [0.15, 0.2) is 0 Å². The lowest BCUT2D eigenvalue weighted by Gasteiger charge is -2.25. The molecule has 1 N–H and O–H groups in total. The molecule has 0 radical (unpaired) electrons. The molecule has 8 nitrogen and oxygen atoms in total. The minimum absolute atomic E-state index is 0.0720. The first kappa shape index (κ1) is 29.1. The number of benzene rings is 3. The van der Waals surface area contributed by atoms with Crippen LogP contribution in [-0.2, 0) is 21.0 Å². The molecule has 0 aliphatic rings. The van der Waals surface area contributed by atoms with Crippen LogP contribution in [0.2, 0.25) is 10.2 Å². The van der Waals surface area contributed by atoms with E-state index in [1.54, 1.807) is 30.3 Å². The summed E-state index contributed by atoms with van der Waals surface area (Å²) in [5.41, 5.74) is 1.39. The fourth-order valence-electron chi connectivity index (χ4n) is 3.60. The summed E-state index contributed by atoms with van der Waals surface area (Å²) in [4.78, 5) is 16.8. The molecule has 40 heavy (non-hydrogen) atoms. The van der Waals surface area contributed by atoms with E-state index in [-0.39, 0.29) is 15.1 Å². The molecule has 14 heteroatoms. The number of fused-ring (bicyclic) bond motifs is 1. The predicted octanol–water partition coefficient (Wildman–Crippen LogP) is 5.91. The summed E-state index contributed by atoms with van der Waals surface area (Å²) in [6, 6.07) is 15.9. The molecule has 0 aliphatic heterocycles. The summed E-state index contributed by atoms with van der Waals surface area (Å²) >= 11 is 12.3. The van der Waals surface area contributed by atoms with Gasteiger partial charge in [0.1, 0.15) is 17.4 Å². The Labute approximate surface area is 237 Å². The van der Waals surface area contributed by atoms with Crippen LogP contribution in [0, 0.1) is 0 Å². The average Bonchev–Trinajstić information content (AvgIpc) is 2.92. The fraction of sp³-hybridized carbons (Fsp3) is 0.115. The number of nitrogens with zero attached hydrogens (tertiary/aromatic N) is 3. The van der Waals surface area contributed by atoms with E-state index in [9.17, 15) is 26.4 Å². The monoisotopic (exact) mass is 610 g/mol. The highest BCUT2D eigenvalue weighted by Crippen LogP contribution is 2.37. The number of aromatic nitrogens is 1. The molecule has 4 rings (SSSR count). The maximum absolute atomic E-state index is 13.4. The van der Waals surface area contributed by atoms with Gasteiger partial charge in [-0.2, -0.15) is 18.3 Å². The van der Waals surface area contributed by atoms with Gasteiger partial charge < -0.3 is 4.74 Å². The standard InChI is InChI=1S/C26H19Cl2F3N4O4S/c1-39-19-9-7-16-11-17(25(28)33-22(16)13-19)14-32-34-24(36)15-35(40(37,38)20-5-3-2-4-6-20)23-12-18(26(29,30)31)8-10-21(23)27/h2-14H,15H2,1H3,(H,34,36)/b32-14+. The van der Waals surface area contributed by atoms with Crippen LogP contribution in [0.25, 0.3) is 10.9 Å². The van der Waals surface area contributed by atoms with Crippen LogP contribution in [0.4, 0.5) is 18.9 Å². The number of halogens is 5. The molecule has 0 bridgehead atoms. The third-order valence-electron chi connectivity index (χ3n) is 5.56. The smallest absolute Gasteiger partial charge is 0.416 e. The highest BCUT2D eigenvalue weighted by atomic mass is 35.5. The molecular formula is C26H19Cl2F3N4O4S. The van der Waals surface area contributed by atoms with Crippen LogP contribution in [0.1, 0.15) is 11.1 Å². The summed E-state index contributed by atoms with van der Waals surface area (Å²) < 4.78 is 72.7. The lowest BCUT2D eigenvalue weighted by molar-refractivity contribution is -0.137. The van der Waals surface area contributed by atoms with Crippen molar-refractivity contribution in [2.75, 3.05) is 18.0 Å². The largest absolute Gasteiger partial charge is 0.497 e. The first-order valence-electron chi connectivity index (χ1n) is 11.3. The number of nitrogens with one attached hydrogen (secondary N) is 1. The van der Waals surface area contributed by atoms with Crippen LogP contribution in [0.15, 0.2) is 82.8 Å². The number of methoxy groups -OCH3 is 1. The Morgan fingerprint density at radius 2 is 1.80 bits per heavy atom. The zero-order valence-corrected chi connectivity index (χ0v) is 22.8. The van der Waals surface area contributed by atoms with Gasteiger partial charge in [0.2, 0.25) is 0 Å². The third-order valence-corrected chi connectivity index (χ3v) is 7.96. The summed E-state index contributed by atoms with van der Waals surface area (Å²) in [6.07, 6.45) is -3.59. The van der Waals surface area contributed by atoms with Crippen molar-refractivity contribution in [3.63, 3.8) is 0 Å². The normalized spacial score (nSPS) is 12.1. The Hall–Kier alpha value is -3.87. The van der Waals surface area contributed by atoms with Gasteiger partial charge in [-0.05, 0) is 48.5 Å². The molecule has 1 aromatic heterocycles. The SMILES string of the molecule is COc1ccc2cc(/C=N/NC(=O)CN(c3cc(C(F)(F)F)ccc3Cl)S(=O)(=O)c3ccccc3)c(Cl)nc2c1. The Balaban J connectivity index is 1.63. The number of anilines is 1. The van der Waals surface area contributed by atoms with E-state index >= 15 is 0 Å². The van der Waals surface area contributed by atoms with E-state index in [2.05, 4.69) is 15.5 Å². The number of carbonyl (C=O) groups is 1. The number of pyridine rings is 1. The number of carbonyl (C=O) groups excluding carboxylic acids is 1. The Morgan fingerprint density at radius 3 is 2.48 bits per heavy atom. The second kappa shape index (κ2) is 11.7. The first-order valence-corrected chi connectivity index (χ1v) is 13.5. The van der Waals surface area contributed by atoms with Crippen LogP contribution in [-0.4, -0.2) is 39.2 Å². The molecule has 0 fully saturated rings. The first-order chi connectivity index (χ1) is 18.9. The highest BCUT2D eigenvalue weighted by molar-refractivity contribution is 7.92. The molecule has 0 unspecified atom stereocenters. The zero-order chi connectivity index (χ0) is 29.1. The zero-order valence-electron chi connectivity index (χ0n) is 20.5. The number of alkyl halides is 3. The van der Waals surface area contributed by atoms with Crippen LogP contribution < -0.4 is 14.5 Å². The van der Waals surface area contributed by atoms with Crippen molar-refractivity contribution in [2.45, 2.75) is 11.1 Å². The Bertz CT molecular complexity index is 1700.